The minimum atomic E-state index is 0.150. The first-order chi connectivity index (χ1) is 10.1. The van der Waals surface area contributed by atoms with Crippen LogP contribution >= 0.6 is 23.6 Å². The number of aromatic hydroxyl groups is 1. The number of aromatic nitrogens is 1. The van der Waals surface area contributed by atoms with Crippen molar-refractivity contribution in [3.8, 4) is 11.6 Å². The lowest BCUT2D eigenvalue weighted by atomic mass is 10.3. The molecular formula is C15H14N2O2S2. The van der Waals surface area contributed by atoms with Gasteiger partial charge in [-0.25, -0.2) is 0 Å². The van der Waals surface area contributed by atoms with Gasteiger partial charge >= 0.3 is 0 Å². The second-order valence-electron chi connectivity index (χ2n) is 4.52. The van der Waals surface area contributed by atoms with Crippen molar-refractivity contribution in [1.82, 2.24) is 4.57 Å². The Morgan fingerprint density at radius 2 is 2.19 bits per heavy atom. The number of hydrogen-bond acceptors (Lipinski definition) is 5. The van der Waals surface area contributed by atoms with Crippen LogP contribution in [0.4, 0.5) is 5.69 Å². The van der Waals surface area contributed by atoms with Crippen molar-refractivity contribution in [1.29, 1.82) is 0 Å². The number of benzene rings is 1. The van der Waals surface area contributed by atoms with E-state index in [9.17, 15) is 5.11 Å². The Bertz CT molecular complexity index is 813. The zero-order valence-electron chi connectivity index (χ0n) is 11.7. The summed E-state index contributed by atoms with van der Waals surface area (Å²) in [6.45, 7) is 2.83. The molecule has 0 amide bonds. The molecule has 1 aromatic heterocycles. The Hall–Kier alpha value is -2.01. The fourth-order valence-electron chi connectivity index (χ4n) is 2.14. The maximum Gasteiger partial charge on any atom is 0.246 e. The summed E-state index contributed by atoms with van der Waals surface area (Å²) in [5.41, 5.74) is 4.14. The average molecular weight is 318 g/mol. The van der Waals surface area contributed by atoms with E-state index >= 15 is 0 Å². The summed E-state index contributed by atoms with van der Waals surface area (Å²) in [6, 6.07) is 7.86. The third-order valence-corrected chi connectivity index (χ3v) is 4.75. The van der Waals surface area contributed by atoms with Gasteiger partial charge in [0.15, 0.2) is 9.70 Å². The smallest absolute Gasteiger partial charge is 0.246 e. The molecule has 0 unspecified atom stereocenters. The van der Waals surface area contributed by atoms with Crippen molar-refractivity contribution in [3.63, 3.8) is 0 Å². The molecule has 1 N–H and O–H groups in total. The molecular weight excluding hydrogens is 304 g/mol. The van der Waals surface area contributed by atoms with E-state index in [2.05, 4.69) is 12.7 Å². The number of nitrogens with zero attached hydrogens (tertiary/aromatic N) is 2. The molecule has 108 valence electrons. The zero-order valence-corrected chi connectivity index (χ0v) is 13.3. The van der Waals surface area contributed by atoms with E-state index in [1.165, 1.54) is 11.3 Å². The van der Waals surface area contributed by atoms with Crippen molar-refractivity contribution in [2.45, 2.75) is 6.92 Å². The summed E-state index contributed by atoms with van der Waals surface area (Å²) < 4.78 is 7.99. The van der Waals surface area contributed by atoms with E-state index in [0.29, 0.717) is 14.7 Å². The predicted molar refractivity (Wildman–Crippen MR) is 87.4 cm³/mol. The summed E-state index contributed by atoms with van der Waals surface area (Å²) in [5, 5.41) is 9.96. The number of thiazole rings is 1. The van der Waals surface area contributed by atoms with Gasteiger partial charge in [-0.05, 0) is 31.3 Å². The van der Waals surface area contributed by atoms with Crippen LogP contribution in [0.2, 0.25) is 0 Å². The second kappa shape index (κ2) is 5.41. The highest BCUT2D eigenvalue weighted by atomic mass is 32.1. The molecule has 21 heavy (non-hydrogen) atoms. The lowest BCUT2D eigenvalue weighted by Crippen LogP contribution is -2.18. The SMILES string of the molecule is CCN1C(=C=Cc2sc(=S)n(C)c2O)Oc2ccccc21. The Morgan fingerprint density at radius 3 is 2.86 bits per heavy atom. The molecule has 0 aliphatic carbocycles. The van der Waals surface area contributed by atoms with Gasteiger partial charge in [0, 0.05) is 19.7 Å². The van der Waals surface area contributed by atoms with Crippen LogP contribution in [0, 0.1) is 3.95 Å². The molecule has 3 rings (SSSR count). The van der Waals surface area contributed by atoms with Crippen LogP contribution in [0.3, 0.4) is 0 Å². The first-order valence-electron chi connectivity index (χ1n) is 6.51. The number of para-hydroxylation sites is 2. The average Bonchev–Trinajstić information content (AvgIpc) is 2.97. The molecule has 0 bridgehead atoms. The first kappa shape index (κ1) is 13.9. The molecule has 0 atom stereocenters. The Kier molecular flexibility index (Phi) is 3.59. The van der Waals surface area contributed by atoms with Crippen LogP contribution in [-0.4, -0.2) is 16.2 Å². The molecule has 1 aromatic carbocycles. The molecule has 0 spiro atoms. The first-order valence-corrected chi connectivity index (χ1v) is 7.74. The van der Waals surface area contributed by atoms with E-state index in [1.54, 1.807) is 17.7 Å². The van der Waals surface area contributed by atoms with Crippen LogP contribution in [0.1, 0.15) is 11.8 Å². The van der Waals surface area contributed by atoms with Crippen LogP contribution in [0.15, 0.2) is 35.9 Å². The zero-order chi connectivity index (χ0) is 15.0. The van der Waals surface area contributed by atoms with Gasteiger partial charge in [0.2, 0.25) is 11.8 Å². The van der Waals surface area contributed by atoms with Crippen molar-refractivity contribution < 1.29 is 9.84 Å². The Labute approximate surface area is 131 Å². The van der Waals surface area contributed by atoms with E-state index in [0.717, 1.165) is 18.0 Å². The summed E-state index contributed by atoms with van der Waals surface area (Å²) in [4.78, 5) is 2.70. The molecule has 0 fully saturated rings. The summed E-state index contributed by atoms with van der Waals surface area (Å²) in [7, 11) is 1.74. The van der Waals surface area contributed by atoms with Crippen LogP contribution in [0.5, 0.6) is 11.6 Å². The number of anilines is 1. The largest absolute Gasteiger partial charge is 0.493 e. The van der Waals surface area contributed by atoms with Gasteiger partial charge in [-0.1, -0.05) is 17.9 Å². The van der Waals surface area contributed by atoms with Gasteiger partial charge in [-0.3, -0.25) is 4.57 Å². The van der Waals surface area contributed by atoms with Crippen LogP contribution in [-0.2, 0) is 7.05 Å². The number of fused-ring (bicyclic) bond motifs is 1. The van der Waals surface area contributed by atoms with Crippen molar-refractivity contribution >= 4 is 35.3 Å². The van der Waals surface area contributed by atoms with Gasteiger partial charge in [0.05, 0.1) is 10.6 Å². The van der Waals surface area contributed by atoms with Gasteiger partial charge in [0.25, 0.3) is 0 Å². The number of hydrogen-bond donors (Lipinski definition) is 1. The molecule has 1 aliphatic rings. The van der Waals surface area contributed by atoms with Crippen molar-refractivity contribution in [2.24, 2.45) is 7.05 Å². The summed E-state index contributed by atoms with van der Waals surface area (Å²) in [6.07, 6.45) is 1.71. The van der Waals surface area contributed by atoms with Gasteiger partial charge in [-0.15, -0.1) is 11.3 Å². The highest BCUT2D eigenvalue weighted by molar-refractivity contribution is 7.73. The molecule has 0 radical (unpaired) electrons. The van der Waals surface area contributed by atoms with Crippen LogP contribution in [0.25, 0.3) is 6.08 Å². The molecule has 2 heterocycles. The monoisotopic (exact) mass is 318 g/mol. The number of ether oxygens (including phenoxy) is 1. The summed E-state index contributed by atoms with van der Waals surface area (Å²) in [5.74, 6) is 1.59. The Morgan fingerprint density at radius 1 is 1.43 bits per heavy atom. The Balaban J connectivity index is 2.03. The van der Waals surface area contributed by atoms with Crippen molar-refractivity contribution in [2.75, 3.05) is 11.4 Å². The molecule has 0 saturated heterocycles. The van der Waals surface area contributed by atoms with Gasteiger partial charge in [-0.2, -0.15) is 0 Å². The highest BCUT2D eigenvalue weighted by Crippen LogP contribution is 2.38. The molecule has 2 aromatic rings. The van der Waals surface area contributed by atoms with Crippen molar-refractivity contribution in [3.05, 3.63) is 44.7 Å². The third-order valence-electron chi connectivity index (χ3n) is 3.26. The molecule has 4 nitrogen and oxygen atoms in total. The van der Waals surface area contributed by atoms with Gasteiger partial charge < -0.3 is 14.7 Å². The lowest BCUT2D eigenvalue weighted by Gasteiger charge is -2.13. The quantitative estimate of drug-likeness (QED) is 0.673. The second-order valence-corrected chi connectivity index (χ2v) is 6.20. The molecule has 1 aliphatic heterocycles. The van der Waals surface area contributed by atoms with E-state index in [4.69, 9.17) is 17.0 Å². The number of rotatable bonds is 2. The summed E-state index contributed by atoms with van der Waals surface area (Å²) >= 11 is 6.48. The molecule has 6 heteroatoms. The fraction of sp³-hybridized carbons (Fsp3) is 0.200. The topological polar surface area (TPSA) is 37.6 Å². The maximum atomic E-state index is 9.96. The minimum Gasteiger partial charge on any atom is -0.493 e. The van der Waals surface area contributed by atoms with E-state index in [1.807, 2.05) is 29.2 Å². The van der Waals surface area contributed by atoms with E-state index < -0.39 is 0 Å². The van der Waals surface area contributed by atoms with Gasteiger partial charge in [0.1, 0.15) is 0 Å². The third kappa shape index (κ3) is 2.38. The van der Waals surface area contributed by atoms with E-state index in [-0.39, 0.29) is 5.88 Å². The lowest BCUT2D eigenvalue weighted by molar-refractivity contribution is 0.430. The standard InChI is InChI=1S/C15H14N2O2S2/c1-3-17-10-6-4-5-7-11(10)19-13(17)9-8-12-14(18)16(2)15(20)21-12/h4-8,18H,3H2,1-2H3. The van der Waals surface area contributed by atoms with Crippen LogP contribution < -0.4 is 9.64 Å². The predicted octanol–water partition coefficient (Wildman–Crippen LogP) is 3.89. The normalized spacial score (nSPS) is 12.9. The highest BCUT2D eigenvalue weighted by Gasteiger charge is 2.24. The minimum absolute atomic E-state index is 0.150. The molecule has 0 saturated carbocycles. The fourth-order valence-corrected chi connectivity index (χ4v) is 3.25. The maximum absolute atomic E-state index is 9.96.